The molecule has 22 heavy (non-hydrogen) atoms. The average Bonchev–Trinajstić information content (AvgIpc) is 2.82. The number of nitrogens with zero attached hydrogens (tertiary/aromatic N) is 2. The number of carbonyl (C=O) groups is 1. The maximum Gasteiger partial charge on any atom is 0.410 e. The van der Waals surface area contributed by atoms with E-state index in [1.54, 1.807) is 11.0 Å². The number of aromatic nitrogens is 1. The van der Waals surface area contributed by atoms with Crippen LogP contribution in [-0.4, -0.2) is 28.1 Å². The molecule has 0 bridgehead atoms. The molecule has 5 nitrogen and oxygen atoms in total. The van der Waals surface area contributed by atoms with Crippen LogP contribution in [0.5, 0.6) is 0 Å². The number of carbonyl (C=O) groups excluding carboxylic acids is 1. The molecule has 0 saturated heterocycles. The summed E-state index contributed by atoms with van der Waals surface area (Å²) >= 11 is 0. The second kappa shape index (κ2) is 5.06. The minimum atomic E-state index is -0.494. The van der Waals surface area contributed by atoms with Gasteiger partial charge in [-0.25, -0.2) is 4.79 Å². The van der Waals surface area contributed by atoms with E-state index in [1.807, 2.05) is 32.9 Å². The van der Waals surface area contributed by atoms with Gasteiger partial charge in [0.1, 0.15) is 5.60 Å². The fourth-order valence-corrected chi connectivity index (χ4v) is 2.77. The Morgan fingerprint density at radius 3 is 2.86 bits per heavy atom. The van der Waals surface area contributed by atoms with Gasteiger partial charge in [-0.15, -0.1) is 0 Å². The van der Waals surface area contributed by atoms with Crippen LogP contribution in [0.1, 0.15) is 37.6 Å². The Morgan fingerprint density at radius 1 is 1.41 bits per heavy atom. The van der Waals surface area contributed by atoms with Crippen LogP contribution in [0.2, 0.25) is 0 Å². The second-order valence-corrected chi connectivity index (χ2v) is 6.61. The molecule has 1 aliphatic heterocycles. The zero-order valence-corrected chi connectivity index (χ0v) is 13.1. The van der Waals surface area contributed by atoms with Crippen LogP contribution in [0.15, 0.2) is 18.2 Å². The van der Waals surface area contributed by atoms with Crippen LogP contribution in [0.3, 0.4) is 0 Å². The van der Waals surface area contributed by atoms with Gasteiger partial charge in [0.05, 0.1) is 18.2 Å². The van der Waals surface area contributed by atoms with Crippen molar-refractivity contribution < 1.29 is 9.53 Å². The van der Waals surface area contributed by atoms with Crippen molar-refractivity contribution in [3.63, 3.8) is 0 Å². The van der Waals surface area contributed by atoms with E-state index in [4.69, 9.17) is 10.00 Å². The normalized spacial score (nSPS) is 14.5. The van der Waals surface area contributed by atoms with Crippen molar-refractivity contribution in [2.75, 3.05) is 6.54 Å². The van der Waals surface area contributed by atoms with E-state index < -0.39 is 5.60 Å². The van der Waals surface area contributed by atoms with Crippen molar-refractivity contribution in [1.82, 2.24) is 9.88 Å². The summed E-state index contributed by atoms with van der Waals surface area (Å²) in [6.07, 6.45) is 0.481. The highest BCUT2D eigenvalue weighted by Crippen LogP contribution is 2.29. The predicted octanol–water partition coefficient (Wildman–Crippen LogP) is 3.33. The molecule has 0 radical (unpaired) electrons. The third-order valence-corrected chi connectivity index (χ3v) is 3.76. The van der Waals surface area contributed by atoms with Crippen LogP contribution in [0.4, 0.5) is 4.79 Å². The number of aromatic amines is 1. The molecule has 114 valence electrons. The Labute approximate surface area is 129 Å². The molecular weight excluding hydrogens is 278 g/mol. The molecule has 1 aliphatic rings. The van der Waals surface area contributed by atoms with Crippen LogP contribution in [0, 0.1) is 11.3 Å². The Morgan fingerprint density at radius 2 is 2.18 bits per heavy atom. The molecule has 3 rings (SSSR count). The van der Waals surface area contributed by atoms with Crippen LogP contribution >= 0.6 is 0 Å². The first-order chi connectivity index (χ1) is 10.4. The minimum absolute atomic E-state index is 0.288. The lowest BCUT2D eigenvalue weighted by Crippen LogP contribution is -2.39. The quantitative estimate of drug-likeness (QED) is 0.811. The van der Waals surface area contributed by atoms with Gasteiger partial charge in [0.25, 0.3) is 0 Å². The fraction of sp³-hybridized carbons (Fsp3) is 0.412. The molecule has 0 atom stereocenters. The summed E-state index contributed by atoms with van der Waals surface area (Å²) in [6, 6.07) is 7.76. The molecule has 1 aromatic carbocycles. The summed E-state index contributed by atoms with van der Waals surface area (Å²) in [5.74, 6) is 0. The number of amides is 1. The first-order valence-corrected chi connectivity index (χ1v) is 7.39. The summed E-state index contributed by atoms with van der Waals surface area (Å²) in [7, 11) is 0. The van der Waals surface area contributed by atoms with Gasteiger partial charge in [0.15, 0.2) is 0 Å². The molecule has 2 aromatic rings. The van der Waals surface area contributed by atoms with E-state index in [9.17, 15) is 4.79 Å². The lowest BCUT2D eigenvalue weighted by atomic mass is 10.0. The predicted molar refractivity (Wildman–Crippen MR) is 83.4 cm³/mol. The van der Waals surface area contributed by atoms with E-state index >= 15 is 0 Å². The Hall–Kier alpha value is -2.48. The van der Waals surface area contributed by atoms with Gasteiger partial charge in [-0.05, 0) is 39.0 Å². The summed E-state index contributed by atoms with van der Waals surface area (Å²) < 4.78 is 5.45. The van der Waals surface area contributed by atoms with Gasteiger partial charge in [-0.3, -0.25) is 0 Å². The maximum absolute atomic E-state index is 12.2. The van der Waals surface area contributed by atoms with Crippen LogP contribution < -0.4 is 0 Å². The van der Waals surface area contributed by atoms with Crippen LogP contribution in [0.25, 0.3) is 10.9 Å². The second-order valence-electron chi connectivity index (χ2n) is 6.61. The van der Waals surface area contributed by atoms with Crippen LogP contribution in [-0.2, 0) is 17.7 Å². The first-order valence-electron chi connectivity index (χ1n) is 7.39. The highest BCUT2D eigenvalue weighted by molar-refractivity contribution is 5.86. The monoisotopic (exact) mass is 297 g/mol. The van der Waals surface area contributed by atoms with E-state index in [1.165, 1.54) is 0 Å². The smallest absolute Gasteiger partial charge is 0.410 e. The molecule has 1 amide bonds. The summed E-state index contributed by atoms with van der Waals surface area (Å²) in [6.45, 7) is 6.75. The SMILES string of the molecule is CC(C)(C)OC(=O)N1CCc2[nH]c3ccc(C#N)cc3c2C1. The van der Waals surface area contributed by atoms with Crippen molar-refractivity contribution in [3.8, 4) is 6.07 Å². The number of ether oxygens (including phenoxy) is 1. The van der Waals surface area contributed by atoms with Gasteiger partial charge in [0, 0.05) is 35.1 Å². The molecule has 5 heteroatoms. The number of benzene rings is 1. The highest BCUT2D eigenvalue weighted by atomic mass is 16.6. The average molecular weight is 297 g/mol. The van der Waals surface area contributed by atoms with Gasteiger partial charge >= 0.3 is 6.09 Å². The van der Waals surface area contributed by atoms with Crippen molar-refractivity contribution in [2.45, 2.75) is 39.3 Å². The van der Waals surface area contributed by atoms with Crippen molar-refractivity contribution in [1.29, 1.82) is 5.26 Å². The number of rotatable bonds is 0. The number of hydrogen-bond donors (Lipinski definition) is 1. The topological polar surface area (TPSA) is 69.1 Å². The summed E-state index contributed by atoms with van der Waals surface area (Å²) in [5, 5.41) is 10.1. The maximum atomic E-state index is 12.2. The summed E-state index contributed by atoms with van der Waals surface area (Å²) in [5.41, 5.74) is 3.37. The molecule has 0 aliphatic carbocycles. The van der Waals surface area contributed by atoms with Gasteiger partial charge in [-0.2, -0.15) is 5.26 Å². The van der Waals surface area contributed by atoms with Gasteiger partial charge in [0.2, 0.25) is 0 Å². The number of H-pyrrole nitrogens is 1. The third kappa shape index (κ3) is 2.64. The molecule has 0 unspecified atom stereocenters. The lowest BCUT2D eigenvalue weighted by Gasteiger charge is -2.30. The van der Waals surface area contributed by atoms with Crippen molar-refractivity contribution >= 4 is 17.0 Å². The van der Waals surface area contributed by atoms with E-state index in [0.29, 0.717) is 18.7 Å². The largest absolute Gasteiger partial charge is 0.444 e. The first kappa shape index (κ1) is 14.5. The fourth-order valence-electron chi connectivity index (χ4n) is 2.77. The molecule has 0 fully saturated rings. The van der Waals surface area contributed by atoms with E-state index in [0.717, 1.165) is 28.6 Å². The van der Waals surface area contributed by atoms with Gasteiger partial charge < -0.3 is 14.6 Å². The molecular formula is C17H19N3O2. The van der Waals surface area contributed by atoms with E-state index in [-0.39, 0.29) is 6.09 Å². The van der Waals surface area contributed by atoms with Crippen molar-refractivity contribution in [3.05, 3.63) is 35.0 Å². The number of hydrogen-bond acceptors (Lipinski definition) is 3. The number of nitrogens with one attached hydrogen (secondary N) is 1. The number of nitriles is 1. The van der Waals surface area contributed by atoms with E-state index in [2.05, 4.69) is 11.1 Å². The minimum Gasteiger partial charge on any atom is -0.444 e. The highest BCUT2D eigenvalue weighted by Gasteiger charge is 2.27. The molecule has 1 N–H and O–H groups in total. The Balaban J connectivity index is 1.91. The Bertz CT molecular complexity index is 778. The Kier molecular flexibility index (Phi) is 3.32. The summed E-state index contributed by atoms with van der Waals surface area (Å²) in [4.78, 5) is 17.4. The van der Waals surface area contributed by atoms with Crippen molar-refractivity contribution in [2.24, 2.45) is 0 Å². The third-order valence-electron chi connectivity index (χ3n) is 3.76. The standard InChI is InChI=1S/C17H19N3O2/c1-17(2,3)22-16(21)20-7-6-15-13(10-20)12-8-11(9-18)4-5-14(12)19-15/h4-5,8,19H,6-7,10H2,1-3H3. The molecule has 1 aromatic heterocycles. The number of fused-ring (bicyclic) bond motifs is 3. The molecule has 0 spiro atoms. The van der Waals surface area contributed by atoms with Gasteiger partial charge in [-0.1, -0.05) is 0 Å². The molecule has 0 saturated carbocycles. The zero-order chi connectivity index (χ0) is 15.9. The molecule has 2 heterocycles. The lowest BCUT2D eigenvalue weighted by molar-refractivity contribution is 0.0224. The zero-order valence-electron chi connectivity index (χ0n) is 13.1.